The highest BCUT2D eigenvalue weighted by Gasteiger charge is 1.96. The van der Waals surface area contributed by atoms with E-state index in [1.807, 2.05) is 42.5 Å². The third-order valence-electron chi connectivity index (χ3n) is 2.49. The lowest BCUT2D eigenvalue weighted by Crippen LogP contribution is -2.17. The van der Waals surface area contributed by atoms with Gasteiger partial charge in [0.15, 0.2) is 0 Å². The van der Waals surface area contributed by atoms with Gasteiger partial charge in [-0.05, 0) is 29.8 Å². The van der Waals surface area contributed by atoms with Crippen molar-refractivity contribution in [3.8, 4) is 0 Å². The molecular formula is C15H15BrN2. The quantitative estimate of drug-likeness (QED) is 0.868. The number of benzene rings is 2. The van der Waals surface area contributed by atoms with Gasteiger partial charge in [-0.3, -0.25) is 0 Å². The summed E-state index contributed by atoms with van der Waals surface area (Å²) in [6, 6.07) is 18.2. The summed E-state index contributed by atoms with van der Waals surface area (Å²) in [6.07, 6.45) is 0. The van der Waals surface area contributed by atoms with Gasteiger partial charge in [0.1, 0.15) is 0 Å². The molecule has 2 aromatic rings. The molecule has 0 aliphatic rings. The lowest BCUT2D eigenvalue weighted by atomic mass is 10.2. The van der Waals surface area contributed by atoms with Gasteiger partial charge in [0, 0.05) is 16.7 Å². The molecule has 92 valence electrons. The average molecular weight is 303 g/mol. The van der Waals surface area contributed by atoms with E-state index in [9.17, 15) is 0 Å². The molecule has 2 N–H and O–H groups in total. The van der Waals surface area contributed by atoms with Crippen molar-refractivity contribution in [2.75, 3.05) is 5.32 Å². The van der Waals surface area contributed by atoms with Gasteiger partial charge in [-0.15, -0.1) is 0 Å². The summed E-state index contributed by atoms with van der Waals surface area (Å²) < 4.78 is 1.07. The summed E-state index contributed by atoms with van der Waals surface area (Å²) in [5, 5.41) is 6.46. The molecule has 0 aromatic heterocycles. The number of anilines is 1. The maximum absolute atomic E-state index is 3.95. The van der Waals surface area contributed by atoms with Crippen LogP contribution in [0.2, 0.25) is 0 Å². The lowest BCUT2D eigenvalue weighted by Gasteiger charge is -2.12. The first-order valence-corrected chi connectivity index (χ1v) is 6.52. The third kappa shape index (κ3) is 3.93. The number of hydrogen-bond acceptors (Lipinski definition) is 2. The van der Waals surface area contributed by atoms with E-state index in [0.717, 1.165) is 22.5 Å². The van der Waals surface area contributed by atoms with Crippen molar-refractivity contribution in [3.05, 3.63) is 77.0 Å². The maximum atomic E-state index is 3.95. The zero-order valence-electron chi connectivity index (χ0n) is 9.99. The second kappa shape index (κ2) is 6.26. The minimum Gasteiger partial charge on any atom is -0.368 e. The van der Waals surface area contributed by atoms with Crippen LogP contribution in [0.4, 0.5) is 5.69 Å². The Hall–Kier alpha value is -1.74. The van der Waals surface area contributed by atoms with Gasteiger partial charge >= 0.3 is 0 Å². The lowest BCUT2D eigenvalue weighted by molar-refractivity contribution is 0.820. The predicted octanol–water partition coefficient (Wildman–Crippen LogP) is 4.12. The summed E-state index contributed by atoms with van der Waals surface area (Å²) in [4.78, 5) is 0. The second-order valence-electron chi connectivity index (χ2n) is 3.95. The van der Waals surface area contributed by atoms with Gasteiger partial charge in [0.05, 0.1) is 5.82 Å². The van der Waals surface area contributed by atoms with Crippen molar-refractivity contribution < 1.29 is 0 Å². The minimum absolute atomic E-state index is 0.767. The molecule has 0 bridgehead atoms. The molecule has 0 heterocycles. The summed E-state index contributed by atoms with van der Waals surface area (Å²) in [6.45, 7) is 4.72. The van der Waals surface area contributed by atoms with E-state index >= 15 is 0 Å². The number of rotatable bonds is 5. The van der Waals surface area contributed by atoms with E-state index < -0.39 is 0 Å². The monoisotopic (exact) mass is 302 g/mol. The van der Waals surface area contributed by atoms with Crippen molar-refractivity contribution in [3.63, 3.8) is 0 Å². The van der Waals surface area contributed by atoms with Gasteiger partial charge in [-0.25, -0.2) is 0 Å². The number of halogens is 1. The Morgan fingerprint density at radius 1 is 1.00 bits per heavy atom. The predicted molar refractivity (Wildman–Crippen MR) is 80.2 cm³/mol. The van der Waals surface area contributed by atoms with Crippen LogP contribution < -0.4 is 10.6 Å². The Bertz CT molecular complexity index is 506. The molecule has 18 heavy (non-hydrogen) atoms. The van der Waals surface area contributed by atoms with E-state index in [1.165, 1.54) is 5.56 Å². The molecule has 0 atom stereocenters. The Balaban J connectivity index is 1.84. The topological polar surface area (TPSA) is 24.1 Å². The SMILES string of the molecule is C=C(NCc1ccccc1)Nc1ccc(Br)cc1. The Labute approximate surface area is 116 Å². The van der Waals surface area contributed by atoms with Gasteiger partial charge < -0.3 is 10.6 Å². The fraction of sp³-hybridized carbons (Fsp3) is 0.0667. The van der Waals surface area contributed by atoms with Crippen LogP contribution in [0, 0.1) is 0 Å². The molecule has 0 aliphatic heterocycles. The normalized spacial score (nSPS) is 9.83. The molecule has 2 aromatic carbocycles. The fourth-order valence-corrected chi connectivity index (χ4v) is 1.82. The van der Waals surface area contributed by atoms with Gasteiger partial charge in [-0.1, -0.05) is 52.8 Å². The van der Waals surface area contributed by atoms with Gasteiger partial charge in [0.2, 0.25) is 0 Å². The van der Waals surface area contributed by atoms with Crippen molar-refractivity contribution >= 4 is 21.6 Å². The number of hydrogen-bond donors (Lipinski definition) is 2. The highest BCUT2D eigenvalue weighted by atomic mass is 79.9. The second-order valence-corrected chi connectivity index (χ2v) is 4.87. The van der Waals surface area contributed by atoms with Crippen LogP contribution in [0.5, 0.6) is 0 Å². The third-order valence-corrected chi connectivity index (χ3v) is 3.02. The molecule has 0 spiro atoms. The average Bonchev–Trinajstić information content (AvgIpc) is 2.40. The summed E-state index contributed by atoms with van der Waals surface area (Å²) in [7, 11) is 0. The van der Waals surface area contributed by atoms with Gasteiger partial charge in [-0.2, -0.15) is 0 Å². The van der Waals surface area contributed by atoms with Crippen LogP contribution in [-0.4, -0.2) is 0 Å². The van der Waals surface area contributed by atoms with E-state index in [4.69, 9.17) is 0 Å². The molecule has 2 rings (SSSR count). The van der Waals surface area contributed by atoms with Crippen molar-refractivity contribution in [1.82, 2.24) is 5.32 Å². The summed E-state index contributed by atoms with van der Waals surface area (Å²) in [5.41, 5.74) is 2.25. The van der Waals surface area contributed by atoms with Gasteiger partial charge in [0.25, 0.3) is 0 Å². The Morgan fingerprint density at radius 3 is 2.33 bits per heavy atom. The van der Waals surface area contributed by atoms with E-state index in [2.05, 4.69) is 45.3 Å². The van der Waals surface area contributed by atoms with Crippen LogP contribution in [0.25, 0.3) is 0 Å². The molecule has 0 radical (unpaired) electrons. The molecule has 0 saturated carbocycles. The fourth-order valence-electron chi connectivity index (χ4n) is 1.56. The first-order chi connectivity index (χ1) is 8.74. The first kappa shape index (κ1) is 12.7. The summed E-state index contributed by atoms with van der Waals surface area (Å²) >= 11 is 3.41. The number of nitrogens with one attached hydrogen (secondary N) is 2. The van der Waals surface area contributed by atoms with Crippen molar-refractivity contribution in [1.29, 1.82) is 0 Å². The minimum atomic E-state index is 0.767. The highest BCUT2D eigenvalue weighted by Crippen LogP contribution is 2.14. The standard InChI is InChI=1S/C15H15BrN2/c1-12(17-11-13-5-3-2-4-6-13)18-15-9-7-14(16)8-10-15/h2-10,17-18H,1,11H2. The van der Waals surface area contributed by atoms with Crippen molar-refractivity contribution in [2.24, 2.45) is 0 Å². The largest absolute Gasteiger partial charge is 0.368 e. The summed E-state index contributed by atoms with van der Waals surface area (Å²) in [5.74, 6) is 0.793. The molecular weight excluding hydrogens is 288 g/mol. The molecule has 3 heteroatoms. The molecule has 0 amide bonds. The van der Waals surface area contributed by atoms with E-state index in [-0.39, 0.29) is 0 Å². The van der Waals surface area contributed by atoms with Crippen LogP contribution in [0.3, 0.4) is 0 Å². The first-order valence-electron chi connectivity index (χ1n) is 5.73. The zero-order chi connectivity index (χ0) is 12.8. The molecule has 0 fully saturated rings. The maximum Gasteiger partial charge on any atom is 0.0959 e. The Kier molecular flexibility index (Phi) is 4.42. The molecule has 2 nitrogen and oxygen atoms in total. The van der Waals surface area contributed by atoms with Crippen LogP contribution in [-0.2, 0) is 6.54 Å². The van der Waals surface area contributed by atoms with E-state index in [0.29, 0.717) is 0 Å². The molecule has 0 aliphatic carbocycles. The van der Waals surface area contributed by atoms with E-state index in [1.54, 1.807) is 0 Å². The molecule has 0 saturated heterocycles. The zero-order valence-corrected chi connectivity index (χ0v) is 11.6. The van der Waals surface area contributed by atoms with Crippen molar-refractivity contribution in [2.45, 2.75) is 6.54 Å². The molecule has 0 unspecified atom stereocenters. The van der Waals surface area contributed by atoms with Crippen LogP contribution in [0.1, 0.15) is 5.56 Å². The smallest absolute Gasteiger partial charge is 0.0959 e. The van der Waals surface area contributed by atoms with Crippen LogP contribution in [0.15, 0.2) is 71.5 Å². The Morgan fingerprint density at radius 2 is 1.67 bits per heavy atom. The highest BCUT2D eigenvalue weighted by molar-refractivity contribution is 9.10. The van der Waals surface area contributed by atoms with Crippen LogP contribution >= 0.6 is 15.9 Å².